The van der Waals surface area contributed by atoms with Gasteiger partial charge in [-0.1, -0.05) is 18.0 Å². The lowest BCUT2D eigenvalue weighted by atomic mass is 10.2. The third-order valence-corrected chi connectivity index (χ3v) is 1.54. The van der Waals surface area contributed by atoms with Crippen molar-refractivity contribution in [2.24, 2.45) is 0 Å². The van der Waals surface area contributed by atoms with E-state index in [0.29, 0.717) is 0 Å². The van der Waals surface area contributed by atoms with Crippen LogP contribution in [0.15, 0.2) is 25.3 Å². The van der Waals surface area contributed by atoms with Crippen molar-refractivity contribution in [2.45, 2.75) is 18.1 Å². The zero-order chi connectivity index (χ0) is 16.2. The summed E-state index contributed by atoms with van der Waals surface area (Å²) in [5.41, 5.74) is 0. The number of hydrogen-bond donors (Lipinski definition) is 0. The fourth-order valence-corrected chi connectivity index (χ4v) is 0.644. The molecule has 0 spiro atoms. The maximum Gasteiger partial charge on any atom is 0.471 e. The van der Waals surface area contributed by atoms with Gasteiger partial charge in [0.25, 0.3) is 0 Å². The molecule has 0 heterocycles. The summed E-state index contributed by atoms with van der Waals surface area (Å²) >= 11 is 0. The van der Waals surface area contributed by atoms with Gasteiger partial charge in [0.1, 0.15) is 0 Å². The molecule has 0 aromatic carbocycles. The number of halogens is 6. The van der Waals surface area contributed by atoms with E-state index in [4.69, 9.17) is 0 Å². The van der Waals surface area contributed by atoms with E-state index in [1.54, 1.807) is 0 Å². The third kappa shape index (κ3) is 3.73. The van der Waals surface area contributed by atoms with Crippen molar-refractivity contribution >= 4 is 11.9 Å². The summed E-state index contributed by atoms with van der Waals surface area (Å²) in [6.45, 7) is 5.32. The van der Waals surface area contributed by atoms with Gasteiger partial charge in [-0.15, -0.1) is 0 Å². The van der Waals surface area contributed by atoms with Crippen LogP contribution < -0.4 is 0 Å². The fourth-order valence-electron chi connectivity index (χ4n) is 0.644. The van der Waals surface area contributed by atoms with E-state index in [-0.39, 0.29) is 12.2 Å². The van der Waals surface area contributed by atoms with Crippen LogP contribution in [0.4, 0.5) is 26.3 Å². The average molecular weight is 308 g/mol. The number of esters is 1. The predicted octanol–water partition coefficient (Wildman–Crippen LogP) is 2.20. The van der Waals surface area contributed by atoms with Crippen LogP contribution in [0.25, 0.3) is 0 Å². The van der Waals surface area contributed by atoms with Crippen molar-refractivity contribution in [3.63, 3.8) is 0 Å². The maximum atomic E-state index is 13.4. The van der Waals surface area contributed by atoms with Gasteiger partial charge in [-0.25, -0.2) is 9.59 Å². The number of ether oxygens (including phenoxy) is 1. The summed E-state index contributed by atoms with van der Waals surface area (Å²) in [6, 6.07) is 0. The largest absolute Gasteiger partial charge is 0.471 e. The second-order valence-corrected chi connectivity index (χ2v) is 2.92. The lowest BCUT2D eigenvalue weighted by Gasteiger charge is -2.31. The smallest absolute Gasteiger partial charge is 0.409 e. The minimum atomic E-state index is -6.39. The monoisotopic (exact) mass is 308 g/mol. The van der Waals surface area contributed by atoms with Crippen molar-refractivity contribution in [3.8, 4) is 0 Å². The van der Waals surface area contributed by atoms with Gasteiger partial charge in [0.2, 0.25) is 0 Å². The highest BCUT2D eigenvalue weighted by molar-refractivity contribution is 5.81. The minimum absolute atomic E-state index is 0.00585. The molecule has 0 saturated carbocycles. The van der Waals surface area contributed by atoms with Gasteiger partial charge in [-0.2, -0.15) is 26.3 Å². The minimum Gasteiger partial charge on any atom is -0.409 e. The number of carbonyl (C=O) groups is 2. The molecule has 0 aliphatic rings. The Hall–Kier alpha value is -2.04. The Balaban J connectivity index is 5.39. The zero-order valence-corrected chi connectivity index (χ0v) is 9.38. The molecule has 0 N–H and O–H groups in total. The molecule has 0 radical (unpaired) electrons. The first kappa shape index (κ1) is 18.0. The number of hydrogen-bond acceptors (Lipinski definition) is 5. The maximum absolute atomic E-state index is 13.4. The number of rotatable bonds is 6. The highest BCUT2D eigenvalue weighted by atomic mass is 19.4. The van der Waals surface area contributed by atoms with E-state index in [9.17, 15) is 35.9 Å². The summed E-state index contributed by atoms with van der Waals surface area (Å²) in [6.07, 6.45) is -12.0. The highest BCUT2D eigenvalue weighted by Crippen LogP contribution is 2.47. The molecule has 0 fully saturated rings. The molecule has 5 nitrogen and oxygen atoms in total. The Labute approximate surface area is 107 Å². The van der Waals surface area contributed by atoms with Gasteiger partial charge >= 0.3 is 30.1 Å². The van der Waals surface area contributed by atoms with Crippen LogP contribution in [-0.4, -0.2) is 30.1 Å². The van der Waals surface area contributed by atoms with Gasteiger partial charge in [0.05, 0.1) is 0 Å². The first-order valence-corrected chi connectivity index (χ1v) is 4.42. The second-order valence-electron chi connectivity index (χ2n) is 2.92. The third-order valence-electron chi connectivity index (χ3n) is 1.54. The molecule has 114 valence electrons. The summed E-state index contributed by atoms with van der Waals surface area (Å²) in [5, 5.41) is 0. The van der Waals surface area contributed by atoms with Crippen molar-refractivity contribution in [3.05, 3.63) is 25.3 Å². The predicted molar refractivity (Wildman–Crippen MR) is 48.5 cm³/mol. The Morgan fingerprint density at radius 3 is 1.70 bits per heavy atom. The standard InChI is InChI=1S/C9H6F6O5/c1-3-5(16)18-7(10,8(11,12)13)9(14,15)20-19-6(17)4-2/h3-4H,1-2H2. The molecule has 0 aliphatic heterocycles. The van der Waals surface area contributed by atoms with Crippen LogP contribution >= 0.6 is 0 Å². The fraction of sp³-hybridized carbons (Fsp3) is 0.333. The van der Waals surface area contributed by atoms with Crippen molar-refractivity contribution in [1.82, 2.24) is 0 Å². The van der Waals surface area contributed by atoms with Gasteiger partial charge < -0.3 is 4.74 Å². The quantitative estimate of drug-likeness (QED) is 0.247. The van der Waals surface area contributed by atoms with Crippen LogP contribution in [0.2, 0.25) is 0 Å². The van der Waals surface area contributed by atoms with E-state index < -0.39 is 30.1 Å². The molecule has 0 aromatic rings. The van der Waals surface area contributed by atoms with E-state index in [0.717, 1.165) is 0 Å². The lowest BCUT2D eigenvalue weighted by Crippen LogP contribution is -2.59. The van der Waals surface area contributed by atoms with Crippen LogP contribution in [0.1, 0.15) is 0 Å². The van der Waals surface area contributed by atoms with E-state index in [1.165, 1.54) is 0 Å². The molecule has 11 heteroatoms. The summed E-state index contributed by atoms with van der Waals surface area (Å²) < 4.78 is 79.2. The summed E-state index contributed by atoms with van der Waals surface area (Å²) in [7, 11) is 0. The average Bonchev–Trinajstić information content (AvgIpc) is 2.33. The van der Waals surface area contributed by atoms with Gasteiger partial charge in [0.15, 0.2) is 0 Å². The molecular formula is C9H6F6O5. The highest BCUT2D eigenvalue weighted by Gasteiger charge is 2.77. The molecule has 1 unspecified atom stereocenters. The van der Waals surface area contributed by atoms with Crippen molar-refractivity contribution in [2.75, 3.05) is 0 Å². The Morgan fingerprint density at radius 1 is 0.900 bits per heavy atom. The molecule has 0 amide bonds. The molecule has 0 rings (SSSR count). The Kier molecular flexibility index (Phi) is 5.34. The Bertz CT molecular complexity index is 418. The number of alkyl halides is 6. The van der Waals surface area contributed by atoms with Crippen LogP contribution in [-0.2, 0) is 24.1 Å². The molecule has 0 aromatic heterocycles. The first-order chi connectivity index (χ1) is 8.91. The number of carbonyl (C=O) groups excluding carboxylic acids is 2. The molecule has 0 saturated heterocycles. The van der Waals surface area contributed by atoms with Crippen molar-refractivity contribution < 1.29 is 50.4 Å². The SMILES string of the molecule is C=CC(=O)OOC(F)(F)C(F)(OC(=O)C=C)C(F)(F)F. The van der Waals surface area contributed by atoms with E-state index in [2.05, 4.69) is 27.7 Å². The van der Waals surface area contributed by atoms with E-state index in [1.807, 2.05) is 0 Å². The zero-order valence-electron chi connectivity index (χ0n) is 9.38. The van der Waals surface area contributed by atoms with Gasteiger partial charge in [-0.3, -0.25) is 4.89 Å². The van der Waals surface area contributed by atoms with Crippen LogP contribution in [0.3, 0.4) is 0 Å². The summed E-state index contributed by atoms with van der Waals surface area (Å²) in [5.74, 6) is -9.78. The molecule has 0 aliphatic carbocycles. The lowest BCUT2D eigenvalue weighted by molar-refractivity contribution is -0.511. The normalized spacial score (nSPS) is 14.9. The molecule has 0 bridgehead atoms. The van der Waals surface area contributed by atoms with Crippen LogP contribution in [0, 0.1) is 0 Å². The summed E-state index contributed by atoms with van der Waals surface area (Å²) in [4.78, 5) is 26.8. The van der Waals surface area contributed by atoms with Crippen molar-refractivity contribution in [1.29, 1.82) is 0 Å². The second kappa shape index (κ2) is 5.94. The Morgan fingerprint density at radius 2 is 1.35 bits per heavy atom. The molecule has 1 atom stereocenters. The van der Waals surface area contributed by atoms with Gasteiger partial charge in [0, 0.05) is 12.2 Å². The topological polar surface area (TPSA) is 61.8 Å². The first-order valence-electron chi connectivity index (χ1n) is 4.42. The van der Waals surface area contributed by atoms with Crippen LogP contribution in [0.5, 0.6) is 0 Å². The molecular weight excluding hydrogens is 302 g/mol. The molecule has 20 heavy (non-hydrogen) atoms. The van der Waals surface area contributed by atoms with Gasteiger partial charge in [-0.05, 0) is 0 Å². The van der Waals surface area contributed by atoms with E-state index >= 15 is 0 Å².